The van der Waals surface area contributed by atoms with Crippen molar-refractivity contribution in [3.05, 3.63) is 153 Å². The molecule has 0 spiro atoms. The summed E-state index contributed by atoms with van der Waals surface area (Å²) in [6, 6.07) is 27.5. The molecule has 0 unspecified atom stereocenters. The van der Waals surface area contributed by atoms with Gasteiger partial charge >= 0.3 is 0 Å². The Morgan fingerprint density at radius 1 is 0.902 bits per heavy atom. The number of fused-ring (bicyclic) bond motifs is 1. The minimum Gasteiger partial charge on any atom is -0.322 e. The zero-order valence-electron chi connectivity index (χ0n) is 22.5. The molecule has 41 heavy (non-hydrogen) atoms. The quantitative estimate of drug-likeness (QED) is 0.269. The first kappa shape index (κ1) is 26.2. The molecule has 3 heterocycles. The van der Waals surface area contributed by atoms with Crippen molar-refractivity contribution in [3.8, 4) is 0 Å². The molecule has 0 aliphatic heterocycles. The molecule has 6 rings (SSSR count). The van der Waals surface area contributed by atoms with Crippen LogP contribution in [0.25, 0.3) is 10.9 Å². The lowest BCUT2D eigenvalue weighted by Crippen LogP contribution is -2.35. The fourth-order valence-electron chi connectivity index (χ4n) is 5.10. The molecule has 0 bridgehead atoms. The van der Waals surface area contributed by atoms with Gasteiger partial charge in [-0.3, -0.25) is 14.7 Å². The Kier molecular flexibility index (Phi) is 7.42. The number of aromatic amines is 1. The van der Waals surface area contributed by atoms with Gasteiger partial charge in [0.15, 0.2) is 5.82 Å². The third-order valence-electron chi connectivity index (χ3n) is 7.08. The molecule has 8 nitrogen and oxygen atoms in total. The third kappa shape index (κ3) is 5.95. The summed E-state index contributed by atoms with van der Waals surface area (Å²) in [7, 11) is 0. The predicted octanol–water partition coefficient (Wildman–Crippen LogP) is 5.20. The largest absolute Gasteiger partial charge is 0.322 e. The Balaban J connectivity index is 1.52. The Morgan fingerprint density at radius 3 is 2.46 bits per heavy atom. The molecule has 0 saturated carbocycles. The van der Waals surface area contributed by atoms with Crippen molar-refractivity contribution in [1.82, 2.24) is 35.1 Å². The number of aromatic nitrogens is 6. The molecule has 3 aromatic carbocycles. The highest BCUT2D eigenvalue weighted by Gasteiger charge is 2.31. The van der Waals surface area contributed by atoms with E-state index in [0.29, 0.717) is 31.0 Å². The number of tetrazole rings is 1. The number of halogens is 1. The highest BCUT2D eigenvalue weighted by atomic mass is 19.1. The maximum absolute atomic E-state index is 13.8. The van der Waals surface area contributed by atoms with Gasteiger partial charge in [-0.1, -0.05) is 60.7 Å². The summed E-state index contributed by atoms with van der Waals surface area (Å²) in [6.45, 7) is 3.32. The van der Waals surface area contributed by atoms with Gasteiger partial charge in [-0.15, -0.1) is 5.10 Å². The molecule has 6 aromatic rings. The Morgan fingerprint density at radius 2 is 1.68 bits per heavy atom. The zero-order chi connectivity index (χ0) is 28.2. The minimum atomic E-state index is -0.611. The number of nitrogens with one attached hydrogen (secondary N) is 1. The second kappa shape index (κ2) is 11.6. The van der Waals surface area contributed by atoms with Crippen LogP contribution in [0.1, 0.15) is 39.7 Å². The van der Waals surface area contributed by atoms with Crippen LogP contribution < -0.4 is 5.56 Å². The lowest BCUT2D eigenvalue weighted by atomic mass is 10.0. The van der Waals surface area contributed by atoms with Crippen LogP contribution in [0.5, 0.6) is 0 Å². The third-order valence-corrected chi connectivity index (χ3v) is 7.08. The van der Waals surface area contributed by atoms with Crippen LogP contribution in [0, 0.1) is 12.7 Å². The standard InChI is InChI=1S/C32H28FN7O/c1-22-9-12-26-17-28(32(41)35-29(26)16-22)30(31-36-37-38-40(31)21-24-10-13-27(33)14-11-24)39(19-23-6-3-2-4-7-23)20-25-8-5-15-34-18-25/h2-18,30H,19-21H2,1H3,(H,35,41)/t30-/m0/s1. The van der Waals surface area contributed by atoms with E-state index in [1.807, 2.05) is 67.7 Å². The molecule has 0 aliphatic carbocycles. The van der Waals surface area contributed by atoms with E-state index in [4.69, 9.17) is 0 Å². The fraction of sp³-hybridized carbons (Fsp3) is 0.156. The normalized spacial score (nSPS) is 12.2. The summed E-state index contributed by atoms with van der Waals surface area (Å²) in [5.41, 5.74) is 5.03. The van der Waals surface area contributed by atoms with E-state index in [2.05, 4.69) is 42.5 Å². The molecule has 0 radical (unpaired) electrons. The Labute approximate surface area is 236 Å². The van der Waals surface area contributed by atoms with Crippen molar-refractivity contribution < 1.29 is 4.39 Å². The molecular weight excluding hydrogens is 517 g/mol. The number of hydrogen-bond acceptors (Lipinski definition) is 6. The van der Waals surface area contributed by atoms with Gasteiger partial charge in [-0.05, 0) is 75.3 Å². The van der Waals surface area contributed by atoms with Gasteiger partial charge in [0, 0.05) is 36.6 Å². The first-order valence-electron chi connectivity index (χ1n) is 13.3. The number of rotatable bonds is 9. The molecule has 204 valence electrons. The van der Waals surface area contributed by atoms with Crippen LogP contribution in [0.15, 0.2) is 108 Å². The van der Waals surface area contributed by atoms with Crippen LogP contribution in [0.3, 0.4) is 0 Å². The summed E-state index contributed by atoms with van der Waals surface area (Å²) in [4.78, 5) is 23.4. The molecule has 1 N–H and O–H groups in total. The summed E-state index contributed by atoms with van der Waals surface area (Å²) in [5, 5.41) is 13.7. The maximum Gasteiger partial charge on any atom is 0.253 e. The van der Waals surface area contributed by atoms with Crippen LogP contribution >= 0.6 is 0 Å². The van der Waals surface area contributed by atoms with Gasteiger partial charge in [-0.2, -0.15) is 0 Å². The van der Waals surface area contributed by atoms with E-state index in [0.717, 1.165) is 33.2 Å². The number of H-pyrrole nitrogens is 1. The summed E-state index contributed by atoms with van der Waals surface area (Å²) in [5.74, 6) is 0.193. The average Bonchev–Trinajstić information content (AvgIpc) is 3.43. The minimum absolute atomic E-state index is 0.214. The zero-order valence-corrected chi connectivity index (χ0v) is 22.5. The lowest BCUT2D eigenvalue weighted by molar-refractivity contribution is 0.194. The summed E-state index contributed by atoms with van der Waals surface area (Å²) in [6.07, 6.45) is 3.56. The highest BCUT2D eigenvalue weighted by molar-refractivity contribution is 5.79. The highest BCUT2D eigenvalue weighted by Crippen LogP contribution is 2.30. The van der Waals surface area contributed by atoms with Crippen molar-refractivity contribution in [1.29, 1.82) is 0 Å². The number of pyridine rings is 2. The van der Waals surface area contributed by atoms with Gasteiger partial charge in [0.1, 0.15) is 11.9 Å². The van der Waals surface area contributed by atoms with E-state index in [1.54, 1.807) is 23.0 Å². The van der Waals surface area contributed by atoms with Crippen molar-refractivity contribution in [2.24, 2.45) is 0 Å². The van der Waals surface area contributed by atoms with Gasteiger partial charge in [0.25, 0.3) is 5.56 Å². The lowest BCUT2D eigenvalue weighted by Gasteiger charge is -2.31. The summed E-state index contributed by atoms with van der Waals surface area (Å²) < 4.78 is 15.3. The number of hydrogen-bond donors (Lipinski definition) is 1. The van der Waals surface area contributed by atoms with Crippen molar-refractivity contribution in [3.63, 3.8) is 0 Å². The first-order valence-corrected chi connectivity index (χ1v) is 13.3. The van der Waals surface area contributed by atoms with Gasteiger partial charge < -0.3 is 4.98 Å². The maximum atomic E-state index is 13.8. The van der Waals surface area contributed by atoms with Gasteiger partial charge in [0.2, 0.25) is 0 Å². The van der Waals surface area contributed by atoms with Crippen molar-refractivity contribution in [2.75, 3.05) is 0 Å². The topological polar surface area (TPSA) is 92.6 Å². The van der Waals surface area contributed by atoms with E-state index in [-0.39, 0.29) is 11.4 Å². The monoisotopic (exact) mass is 545 g/mol. The first-order chi connectivity index (χ1) is 20.0. The Hall–Kier alpha value is -5.02. The van der Waals surface area contributed by atoms with Gasteiger partial charge in [0.05, 0.1) is 6.54 Å². The molecule has 1 atom stereocenters. The molecule has 0 fully saturated rings. The van der Waals surface area contributed by atoms with Crippen molar-refractivity contribution >= 4 is 10.9 Å². The molecule has 9 heteroatoms. The SMILES string of the molecule is Cc1ccc2cc([C@@H](c3nnnn3Cc3ccc(F)cc3)N(Cc3ccccc3)Cc3cccnc3)c(=O)[nH]c2c1. The second-order valence-corrected chi connectivity index (χ2v) is 10.1. The van der Waals surface area contributed by atoms with Crippen LogP contribution in [0.2, 0.25) is 0 Å². The molecule has 0 aliphatic rings. The van der Waals surface area contributed by atoms with Crippen LogP contribution in [0.4, 0.5) is 4.39 Å². The smallest absolute Gasteiger partial charge is 0.253 e. The van der Waals surface area contributed by atoms with Crippen LogP contribution in [-0.4, -0.2) is 35.1 Å². The average molecular weight is 546 g/mol. The predicted molar refractivity (Wildman–Crippen MR) is 154 cm³/mol. The number of aryl methyl sites for hydroxylation is 1. The van der Waals surface area contributed by atoms with Crippen LogP contribution in [-0.2, 0) is 19.6 Å². The Bertz CT molecular complexity index is 1780. The molecule has 0 saturated heterocycles. The summed E-state index contributed by atoms with van der Waals surface area (Å²) >= 11 is 0. The molecule has 3 aromatic heterocycles. The number of nitrogens with zero attached hydrogens (tertiary/aromatic N) is 6. The number of benzene rings is 3. The molecular formula is C32H28FN7O. The van der Waals surface area contributed by atoms with E-state index >= 15 is 0 Å². The van der Waals surface area contributed by atoms with E-state index in [1.165, 1.54) is 12.1 Å². The molecule has 0 amide bonds. The van der Waals surface area contributed by atoms with Crippen molar-refractivity contribution in [2.45, 2.75) is 32.6 Å². The van der Waals surface area contributed by atoms with Gasteiger partial charge in [-0.25, -0.2) is 9.07 Å². The fourth-order valence-corrected chi connectivity index (χ4v) is 5.10. The second-order valence-electron chi connectivity index (χ2n) is 10.1. The van der Waals surface area contributed by atoms with E-state index in [9.17, 15) is 9.18 Å². The van der Waals surface area contributed by atoms with E-state index < -0.39 is 6.04 Å².